The van der Waals surface area contributed by atoms with Crippen molar-refractivity contribution in [3.05, 3.63) is 66.4 Å². The second-order valence-electron chi connectivity index (χ2n) is 5.82. The first kappa shape index (κ1) is 18.3. The highest BCUT2D eigenvalue weighted by Gasteiger charge is 2.15. The summed E-state index contributed by atoms with van der Waals surface area (Å²) in [6.07, 6.45) is 11.9. The zero-order chi connectivity index (χ0) is 16.4. The highest BCUT2D eigenvalue weighted by molar-refractivity contribution is 5.57. The van der Waals surface area contributed by atoms with Gasteiger partial charge in [0.25, 0.3) is 0 Å². The topological polar surface area (TPSA) is 12.0 Å². The number of rotatable bonds is 9. The molecule has 0 spiro atoms. The third kappa shape index (κ3) is 5.55. The third-order valence-corrected chi connectivity index (χ3v) is 4.08. The van der Waals surface area contributed by atoms with Crippen LogP contribution in [0.25, 0.3) is 0 Å². The van der Waals surface area contributed by atoms with E-state index in [0.717, 1.165) is 25.0 Å². The SMILES string of the molecule is C=C[C@H](C)CC(CC)c1ccccc1NC(/C=C\CC)=C/C. The lowest BCUT2D eigenvalue weighted by atomic mass is 9.86. The van der Waals surface area contributed by atoms with E-state index < -0.39 is 0 Å². The zero-order valence-electron chi connectivity index (χ0n) is 14.6. The lowest BCUT2D eigenvalue weighted by Crippen LogP contribution is -2.07. The maximum atomic E-state index is 3.93. The van der Waals surface area contributed by atoms with Gasteiger partial charge in [0, 0.05) is 11.4 Å². The van der Waals surface area contributed by atoms with E-state index in [1.54, 1.807) is 0 Å². The average Bonchev–Trinajstić information content (AvgIpc) is 2.56. The van der Waals surface area contributed by atoms with Crippen LogP contribution in [0.4, 0.5) is 5.69 Å². The molecule has 0 amide bonds. The first-order valence-corrected chi connectivity index (χ1v) is 8.47. The Morgan fingerprint density at radius 1 is 1.27 bits per heavy atom. The fourth-order valence-corrected chi connectivity index (χ4v) is 2.64. The van der Waals surface area contributed by atoms with Gasteiger partial charge in [0.05, 0.1) is 0 Å². The van der Waals surface area contributed by atoms with E-state index in [1.807, 2.05) is 0 Å². The van der Waals surface area contributed by atoms with Crippen molar-refractivity contribution in [3.8, 4) is 0 Å². The molecule has 1 unspecified atom stereocenters. The second-order valence-corrected chi connectivity index (χ2v) is 5.82. The largest absolute Gasteiger partial charge is 0.356 e. The number of para-hydroxylation sites is 1. The maximum Gasteiger partial charge on any atom is 0.0419 e. The van der Waals surface area contributed by atoms with E-state index in [1.165, 1.54) is 11.3 Å². The molecule has 0 saturated heterocycles. The Kier molecular flexibility index (Phi) is 8.35. The Labute approximate surface area is 136 Å². The Balaban J connectivity index is 3.01. The molecular weight excluding hydrogens is 266 g/mol. The van der Waals surface area contributed by atoms with Crippen LogP contribution in [0.1, 0.15) is 58.4 Å². The van der Waals surface area contributed by atoms with Crippen molar-refractivity contribution >= 4 is 5.69 Å². The summed E-state index contributed by atoms with van der Waals surface area (Å²) in [6.45, 7) is 12.7. The lowest BCUT2D eigenvalue weighted by Gasteiger charge is -2.22. The highest BCUT2D eigenvalue weighted by atomic mass is 14.9. The summed E-state index contributed by atoms with van der Waals surface area (Å²) in [5.74, 6) is 1.10. The van der Waals surface area contributed by atoms with Gasteiger partial charge in [-0.15, -0.1) is 6.58 Å². The van der Waals surface area contributed by atoms with Crippen molar-refractivity contribution in [1.82, 2.24) is 0 Å². The molecule has 1 rings (SSSR count). The number of allylic oxidation sites excluding steroid dienone is 4. The smallest absolute Gasteiger partial charge is 0.0419 e. The highest BCUT2D eigenvalue weighted by Crippen LogP contribution is 2.33. The molecule has 0 aliphatic heterocycles. The van der Waals surface area contributed by atoms with Crippen molar-refractivity contribution in [1.29, 1.82) is 0 Å². The summed E-state index contributed by atoms with van der Waals surface area (Å²) in [4.78, 5) is 0. The third-order valence-electron chi connectivity index (χ3n) is 4.08. The molecule has 1 heteroatoms. The van der Waals surface area contributed by atoms with E-state index >= 15 is 0 Å². The zero-order valence-corrected chi connectivity index (χ0v) is 14.6. The fraction of sp³-hybridized carbons (Fsp3) is 0.429. The van der Waals surface area contributed by atoms with Crippen molar-refractivity contribution in [2.24, 2.45) is 5.92 Å². The van der Waals surface area contributed by atoms with Crippen LogP contribution in [0.15, 0.2) is 60.8 Å². The van der Waals surface area contributed by atoms with Gasteiger partial charge < -0.3 is 5.32 Å². The Hall–Kier alpha value is -1.76. The normalized spacial score (nSPS) is 14.8. The van der Waals surface area contributed by atoms with Crippen molar-refractivity contribution < 1.29 is 0 Å². The number of anilines is 1. The van der Waals surface area contributed by atoms with E-state index in [2.05, 4.69) is 88.2 Å². The summed E-state index contributed by atoms with van der Waals surface area (Å²) in [6, 6.07) is 8.67. The molecule has 0 aromatic heterocycles. The molecule has 0 heterocycles. The van der Waals surface area contributed by atoms with Gasteiger partial charge in [0.1, 0.15) is 0 Å². The average molecular weight is 297 g/mol. The van der Waals surface area contributed by atoms with Gasteiger partial charge in [-0.2, -0.15) is 0 Å². The fourth-order valence-electron chi connectivity index (χ4n) is 2.64. The number of hydrogen-bond donors (Lipinski definition) is 1. The van der Waals surface area contributed by atoms with Crippen LogP contribution < -0.4 is 5.32 Å². The Morgan fingerprint density at radius 2 is 2.00 bits per heavy atom. The first-order valence-electron chi connectivity index (χ1n) is 8.47. The van der Waals surface area contributed by atoms with Crippen LogP contribution in [0, 0.1) is 5.92 Å². The summed E-state index contributed by atoms with van der Waals surface area (Å²) >= 11 is 0. The van der Waals surface area contributed by atoms with Gasteiger partial charge in [-0.1, -0.05) is 57.2 Å². The van der Waals surface area contributed by atoms with Crippen LogP contribution in [0.5, 0.6) is 0 Å². The summed E-state index contributed by atoms with van der Waals surface area (Å²) in [5.41, 5.74) is 3.78. The van der Waals surface area contributed by atoms with Crippen LogP contribution >= 0.6 is 0 Å². The maximum absolute atomic E-state index is 3.93. The molecule has 22 heavy (non-hydrogen) atoms. The van der Waals surface area contributed by atoms with Crippen molar-refractivity contribution in [2.75, 3.05) is 5.32 Å². The predicted molar refractivity (Wildman–Crippen MR) is 100 cm³/mol. The molecule has 120 valence electrons. The van der Waals surface area contributed by atoms with Gasteiger partial charge in [-0.25, -0.2) is 0 Å². The van der Waals surface area contributed by atoms with Crippen LogP contribution in [0.2, 0.25) is 0 Å². The molecule has 1 N–H and O–H groups in total. The molecule has 0 radical (unpaired) electrons. The van der Waals surface area contributed by atoms with Crippen LogP contribution in [-0.4, -0.2) is 0 Å². The molecule has 0 bridgehead atoms. The van der Waals surface area contributed by atoms with Crippen molar-refractivity contribution in [3.63, 3.8) is 0 Å². The minimum atomic E-state index is 0.541. The van der Waals surface area contributed by atoms with Gasteiger partial charge in [0.2, 0.25) is 0 Å². The molecule has 0 saturated carbocycles. The molecule has 0 fully saturated rings. The Morgan fingerprint density at radius 3 is 2.59 bits per heavy atom. The van der Waals surface area contributed by atoms with Crippen LogP contribution in [0.3, 0.4) is 0 Å². The first-order chi connectivity index (χ1) is 10.7. The molecular formula is C21H31N. The standard InChI is InChI=1S/C21H31N/c1-6-10-13-19(9-4)22-21-15-12-11-14-20(21)18(8-3)16-17(5)7-2/h7,9-15,17-18,22H,2,6,8,16H2,1,3-5H3/b13-10-,19-9+/t17-,18?/m0/s1. The van der Waals surface area contributed by atoms with Gasteiger partial charge >= 0.3 is 0 Å². The number of hydrogen-bond acceptors (Lipinski definition) is 1. The molecule has 2 atom stereocenters. The van der Waals surface area contributed by atoms with Crippen molar-refractivity contribution in [2.45, 2.75) is 52.9 Å². The minimum Gasteiger partial charge on any atom is -0.356 e. The van der Waals surface area contributed by atoms with Gasteiger partial charge in [-0.05, 0) is 55.7 Å². The summed E-state index contributed by atoms with van der Waals surface area (Å²) in [7, 11) is 0. The quantitative estimate of drug-likeness (QED) is 0.396. The predicted octanol–water partition coefficient (Wildman–Crippen LogP) is 6.67. The monoisotopic (exact) mass is 297 g/mol. The van der Waals surface area contributed by atoms with E-state index in [0.29, 0.717) is 11.8 Å². The van der Waals surface area contributed by atoms with Crippen LogP contribution in [-0.2, 0) is 0 Å². The summed E-state index contributed by atoms with van der Waals surface area (Å²) < 4.78 is 0. The molecule has 0 aliphatic carbocycles. The second kappa shape index (κ2) is 10.0. The lowest BCUT2D eigenvalue weighted by molar-refractivity contribution is 0.526. The Bertz CT molecular complexity index is 510. The minimum absolute atomic E-state index is 0.541. The van der Waals surface area contributed by atoms with E-state index in [4.69, 9.17) is 0 Å². The number of nitrogens with one attached hydrogen (secondary N) is 1. The van der Waals surface area contributed by atoms with Gasteiger partial charge in [-0.3, -0.25) is 0 Å². The van der Waals surface area contributed by atoms with Gasteiger partial charge in [0.15, 0.2) is 0 Å². The molecule has 0 aliphatic rings. The molecule has 1 aromatic carbocycles. The van der Waals surface area contributed by atoms with E-state index in [-0.39, 0.29) is 0 Å². The summed E-state index contributed by atoms with van der Waals surface area (Å²) in [5, 5.41) is 3.59. The number of benzene rings is 1. The molecule has 1 nitrogen and oxygen atoms in total. The molecule has 1 aromatic rings. The van der Waals surface area contributed by atoms with E-state index in [9.17, 15) is 0 Å².